The first-order valence-corrected chi connectivity index (χ1v) is 12.8. The van der Waals surface area contributed by atoms with E-state index in [4.69, 9.17) is 9.47 Å². The molecule has 1 unspecified atom stereocenters. The van der Waals surface area contributed by atoms with Crippen molar-refractivity contribution in [1.82, 2.24) is 24.6 Å². The summed E-state index contributed by atoms with van der Waals surface area (Å²) in [5.41, 5.74) is 4.17. The van der Waals surface area contributed by atoms with Crippen molar-refractivity contribution in [2.24, 2.45) is 5.92 Å². The number of imidazole rings is 1. The number of H-pyrrole nitrogens is 1. The molecule has 0 fully saturated rings. The Morgan fingerprint density at radius 1 is 1.08 bits per heavy atom. The van der Waals surface area contributed by atoms with Gasteiger partial charge in [-0.3, -0.25) is 9.89 Å². The topological polar surface area (TPSA) is 85.3 Å². The Labute approximate surface area is 217 Å². The average Bonchev–Trinajstić information content (AvgIpc) is 3.64. The Bertz CT molecular complexity index is 1330. The summed E-state index contributed by atoms with van der Waals surface area (Å²) in [5, 5.41) is 7.60. The molecular weight excluding hydrogens is 466 g/mol. The molecule has 1 N–H and O–H groups in total. The fraction of sp³-hybridized carbons (Fsp3) is 0.345. The van der Waals surface area contributed by atoms with Crippen LogP contribution in [0.3, 0.4) is 0 Å². The van der Waals surface area contributed by atoms with Crippen molar-refractivity contribution in [3.8, 4) is 22.8 Å². The van der Waals surface area contributed by atoms with Crippen LogP contribution in [0, 0.1) is 5.92 Å². The van der Waals surface area contributed by atoms with E-state index in [1.165, 1.54) is 0 Å². The van der Waals surface area contributed by atoms with Gasteiger partial charge in [0.2, 0.25) is 0 Å². The minimum absolute atomic E-state index is 0.0449. The molecule has 0 aliphatic carbocycles. The normalized spacial score (nSPS) is 14.9. The third-order valence-corrected chi connectivity index (χ3v) is 6.74. The van der Waals surface area contributed by atoms with Crippen LogP contribution in [0.1, 0.15) is 54.3 Å². The molecule has 5 rings (SSSR count). The monoisotopic (exact) mass is 499 g/mol. The summed E-state index contributed by atoms with van der Waals surface area (Å²) in [5.74, 6) is 1.88. The molecule has 8 nitrogen and oxygen atoms in total. The van der Waals surface area contributed by atoms with Crippen LogP contribution in [0.2, 0.25) is 0 Å². The number of rotatable bonds is 11. The Hall–Kier alpha value is -4.07. The zero-order valence-corrected chi connectivity index (χ0v) is 21.6. The van der Waals surface area contributed by atoms with E-state index >= 15 is 0 Å². The number of fused-ring (bicyclic) bond motifs is 1. The second-order valence-electron chi connectivity index (χ2n) is 9.72. The van der Waals surface area contributed by atoms with Gasteiger partial charge in [-0.15, -0.1) is 0 Å². The van der Waals surface area contributed by atoms with E-state index in [9.17, 15) is 4.79 Å². The number of carbonyl (C=O) groups is 1. The van der Waals surface area contributed by atoms with Gasteiger partial charge in [0.25, 0.3) is 5.91 Å². The number of aromatic amines is 1. The molecule has 1 aliphatic heterocycles. The molecule has 37 heavy (non-hydrogen) atoms. The quantitative estimate of drug-likeness (QED) is 0.301. The minimum Gasteiger partial charge on any atom is -0.493 e. The Morgan fingerprint density at radius 3 is 2.65 bits per heavy atom. The number of aryl methyl sites for hydroxylation is 1. The molecule has 0 saturated heterocycles. The van der Waals surface area contributed by atoms with E-state index in [-0.39, 0.29) is 11.9 Å². The van der Waals surface area contributed by atoms with Crippen LogP contribution in [0.5, 0.6) is 11.5 Å². The predicted octanol–water partition coefficient (Wildman–Crippen LogP) is 5.34. The minimum atomic E-state index is -0.294. The summed E-state index contributed by atoms with van der Waals surface area (Å²) >= 11 is 0. The van der Waals surface area contributed by atoms with Gasteiger partial charge in [0.1, 0.15) is 5.69 Å². The zero-order chi connectivity index (χ0) is 25.8. The molecule has 2 aromatic heterocycles. The van der Waals surface area contributed by atoms with Crippen LogP contribution in [0.4, 0.5) is 0 Å². The number of ether oxygens (including phenoxy) is 2. The second kappa shape index (κ2) is 10.9. The standard InChI is InChI=1S/C29H33N5O3/c1-20(2)12-17-37-23-11-10-22(18-24(23)36-3)28-25-26(21-8-5-4-6-9-21)31-32-27(25)29(35)34(28)15-7-14-33-16-13-30-19-33/h4-6,8-11,13,16,18-20,28H,7,12,14-15,17H2,1-3H3,(H,31,32). The molecule has 0 saturated carbocycles. The number of aromatic nitrogens is 4. The highest BCUT2D eigenvalue weighted by molar-refractivity contribution is 6.00. The third-order valence-electron chi connectivity index (χ3n) is 6.74. The fourth-order valence-electron chi connectivity index (χ4n) is 4.81. The van der Waals surface area contributed by atoms with Crippen molar-refractivity contribution in [2.75, 3.05) is 20.3 Å². The number of amides is 1. The van der Waals surface area contributed by atoms with Crippen LogP contribution in [-0.2, 0) is 6.54 Å². The maximum absolute atomic E-state index is 13.6. The lowest BCUT2D eigenvalue weighted by Crippen LogP contribution is -2.31. The highest BCUT2D eigenvalue weighted by Gasteiger charge is 2.42. The number of benzene rings is 2. The number of hydrogen-bond acceptors (Lipinski definition) is 5. The summed E-state index contributed by atoms with van der Waals surface area (Å²) in [4.78, 5) is 19.7. The zero-order valence-electron chi connectivity index (χ0n) is 21.6. The van der Waals surface area contributed by atoms with Crippen molar-refractivity contribution in [2.45, 2.75) is 39.3 Å². The molecular formula is C29H33N5O3. The molecule has 1 aliphatic rings. The summed E-state index contributed by atoms with van der Waals surface area (Å²) in [6, 6.07) is 15.7. The van der Waals surface area contributed by atoms with Crippen LogP contribution in [-0.4, -0.2) is 50.8 Å². The molecule has 192 valence electrons. The van der Waals surface area contributed by atoms with Crippen molar-refractivity contribution in [3.63, 3.8) is 0 Å². The van der Waals surface area contributed by atoms with E-state index in [0.29, 0.717) is 36.3 Å². The van der Waals surface area contributed by atoms with E-state index in [1.54, 1.807) is 19.6 Å². The lowest BCUT2D eigenvalue weighted by atomic mass is 9.95. The lowest BCUT2D eigenvalue weighted by Gasteiger charge is -2.27. The van der Waals surface area contributed by atoms with Crippen molar-refractivity contribution in [1.29, 1.82) is 0 Å². The molecule has 0 spiro atoms. The average molecular weight is 500 g/mol. The van der Waals surface area contributed by atoms with Gasteiger partial charge in [-0.05, 0) is 36.5 Å². The van der Waals surface area contributed by atoms with E-state index < -0.39 is 0 Å². The molecule has 3 heterocycles. The maximum Gasteiger partial charge on any atom is 0.273 e. The van der Waals surface area contributed by atoms with Gasteiger partial charge in [0.15, 0.2) is 11.5 Å². The highest BCUT2D eigenvalue weighted by Crippen LogP contribution is 2.44. The first-order valence-electron chi connectivity index (χ1n) is 12.8. The van der Waals surface area contributed by atoms with E-state index in [1.807, 2.05) is 64.2 Å². The van der Waals surface area contributed by atoms with Crippen LogP contribution in [0.25, 0.3) is 11.3 Å². The smallest absolute Gasteiger partial charge is 0.273 e. The number of carbonyl (C=O) groups excluding carboxylic acids is 1. The molecule has 0 radical (unpaired) electrons. The first kappa shape index (κ1) is 24.6. The van der Waals surface area contributed by atoms with Crippen LogP contribution >= 0.6 is 0 Å². The molecule has 4 aromatic rings. The summed E-state index contributed by atoms with van der Waals surface area (Å²) < 4.78 is 13.8. The SMILES string of the molecule is COc1cc(C2c3c(-c4ccccc4)n[nH]c3C(=O)N2CCCn2ccnc2)ccc1OCCC(C)C. The molecule has 2 aromatic carbocycles. The van der Waals surface area contributed by atoms with Gasteiger partial charge in [0, 0.05) is 36.6 Å². The number of nitrogens with one attached hydrogen (secondary N) is 1. The molecule has 1 amide bonds. The summed E-state index contributed by atoms with van der Waals surface area (Å²) in [7, 11) is 1.65. The van der Waals surface area contributed by atoms with Crippen molar-refractivity contribution in [3.05, 3.63) is 84.1 Å². The number of hydrogen-bond donors (Lipinski definition) is 1. The maximum atomic E-state index is 13.6. The summed E-state index contributed by atoms with van der Waals surface area (Å²) in [6.45, 7) is 6.34. The first-order chi connectivity index (χ1) is 18.1. The molecule has 8 heteroatoms. The molecule has 0 bridgehead atoms. The lowest BCUT2D eigenvalue weighted by molar-refractivity contribution is 0.0739. The Morgan fingerprint density at radius 2 is 1.92 bits per heavy atom. The number of nitrogens with zero attached hydrogens (tertiary/aromatic N) is 4. The predicted molar refractivity (Wildman–Crippen MR) is 142 cm³/mol. The van der Waals surface area contributed by atoms with Gasteiger partial charge < -0.3 is 18.9 Å². The highest BCUT2D eigenvalue weighted by atomic mass is 16.5. The van der Waals surface area contributed by atoms with Gasteiger partial charge in [-0.25, -0.2) is 4.98 Å². The Balaban J connectivity index is 1.50. The van der Waals surface area contributed by atoms with Crippen LogP contribution < -0.4 is 9.47 Å². The second-order valence-corrected chi connectivity index (χ2v) is 9.72. The summed E-state index contributed by atoms with van der Waals surface area (Å²) in [6.07, 6.45) is 7.26. The van der Waals surface area contributed by atoms with Crippen LogP contribution in [0.15, 0.2) is 67.3 Å². The van der Waals surface area contributed by atoms with Gasteiger partial charge in [-0.2, -0.15) is 5.10 Å². The fourth-order valence-corrected chi connectivity index (χ4v) is 4.81. The molecule has 1 atom stereocenters. The van der Waals surface area contributed by atoms with Gasteiger partial charge in [-0.1, -0.05) is 50.2 Å². The van der Waals surface area contributed by atoms with E-state index in [0.717, 1.165) is 41.8 Å². The van der Waals surface area contributed by atoms with E-state index in [2.05, 4.69) is 29.0 Å². The number of methoxy groups -OCH3 is 1. The third kappa shape index (κ3) is 5.09. The Kier molecular flexibility index (Phi) is 7.25. The van der Waals surface area contributed by atoms with Crippen molar-refractivity contribution < 1.29 is 14.3 Å². The largest absolute Gasteiger partial charge is 0.493 e. The van der Waals surface area contributed by atoms with Crippen molar-refractivity contribution >= 4 is 5.91 Å². The van der Waals surface area contributed by atoms with Gasteiger partial charge >= 0.3 is 0 Å². The van der Waals surface area contributed by atoms with Gasteiger partial charge in [0.05, 0.1) is 31.8 Å².